The van der Waals surface area contributed by atoms with Gasteiger partial charge in [0, 0.05) is 30.5 Å². The second-order valence-corrected chi connectivity index (χ2v) is 5.06. The van der Waals surface area contributed by atoms with Crippen LogP contribution in [0.15, 0.2) is 24.5 Å². The minimum atomic E-state index is -0.639. The highest BCUT2D eigenvalue weighted by atomic mass is 16.3. The summed E-state index contributed by atoms with van der Waals surface area (Å²) in [4.78, 5) is 6.64. The fourth-order valence-electron chi connectivity index (χ4n) is 3.14. The van der Waals surface area contributed by atoms with Crippen LogP contribution in [-0.4, -0.2) is 34.1 Å². The molecule has 0 radical (unpaired) electrons. The molecule has 1 N–H and O–H groups in total. The highest BCUT2D eigenvalue weighted by molar-refractivity contribution is 5.20. The minimum Gasteiger partial charge on any atom is -0.385 e. The first-order chi connectivity index (χ1) is 7.78. The van der Waals surface area contributed by atoms with E-state index in [9.17, 15) is 5.11 Å². The van der Waals surface area contributed by atoms with E-state index in [1.165, 1.54) is 19.4 Å². The topological polar surface area (TPSA) is 36.4 Å². The van der Waals surface area contributed by atoms with Crippen LogP contribution in [0.5, 0.6) is 0 Å². The molecule has 16 heavy (non-hydrogen) atoms. The number of nitrogens with zero attached hydrogens (tertiary/aromatic N) is 2. The lowest BCUT2D eigenvalue weighted by atomic mass is 9.82. The summed E-state index contributed by atoms with van der Waals surface area (Å²) in [6.07, 6.45) is 7.81. The third-order valence-electron chi connectivity index (χ3n) is 4.08. The van der Waals surface area contributed by atoms with Crippen LogP contribution in [0.1, 0.15) is 31.2 Å². The predicted molar refractivity (Wildman–Crippen MR) is 62.0 cm³/mol. The van der Waals surface area contributed by atoms with Crippen molar-refractivity contribution in [1.29, 1.82) is 0 Å². The summed E-state index contributed by atoms with van der Waals surface area (Å²) in [7, 11) is 0. The largest absolute Gasteiger partial charge is 0.385 e. The van der Waals surface area contributed by atoms with Gasteiger partial charge in [-0.05, 0) is 38.3 Å². The van der Waals surface area contributed by atoms with Crippen molar-refractivity contribution in [2.24, 2.45) is 0 Å². The maximum Gasteiger partial charge on any atom is 0.0938 e. The van der Waals surface area contributed by atoms with E-state index in [4.69, 9.17) is 0 Å². The normalized spacial score (nSPS) is 34.9. The molecule has 0 aliphatic carbocycles. The van der Waals surface area contributed by atoms with Crippen molar-refractivity contribution >= 4 is 0 Å². The van der Waals surface area contributed by atoms with Crippen LogP contribution in [0, 0.1) is 0 Å². The lowest BCUT2D eigenvalue weighted by Crippen LogP contribution is -2.46. The first-order valence-electron chi connectivity index (χ1n) is 6.15. The van der Waals surface area contributed by atoms with Crippen molar-refractivity contribution in [3.05, 3.63) is 30.1 Å². The van der Waals surface area contributed by atoms with Crippen LogP contribution in [0.25, 0.3) is 0 Å². The summed E-state index contributed by atoms with van der Waals surface area (Å²) in [5.41, 5.74) is 0.348. The second-order valence-electron chi connectivity index (χ2n) is 5.06. The summed E-state index contributed by atoms with van der Waals surface area (Å²) in [5, 5.41) is 10.7. The molecule has 0 aromatic carbocycles. The molecule has 2 saturated heterocycles. The summed E-state index contributed by atoms with van der Waals surface area (Å²) >= 11 is 0. The lowest BCUT2D eigenvalue weighted by molar-refractivity contribution is -0.0411. The Morgan fingerprint density at radius 2 is 2.38 bits per heavy atom. The maximum absolute atomic E-state index is 10.7. The molecule has 86 valence electrons. The van der Waals surface area contributed by atoms with Gasteiger partial charge in [0.25, 0.3) is 0 Å². The van der Waals surface area contributed by atoms with Gasteiger partial charge in [0.2, 0.25) is 0 Å². The Hall–Kier alpha value is -0.930. The van der Waals surface area contributed by atoms with Crippen molar-refractivity contribution in [3.63, 3.8) is 0 Å². The SMILES string of the molecule is OC1(c2cccnc2)CCN2CCCC2C1. The first-order valence-corrected chi connectivity index (χ1v) is 6.15. The van der Waals surface area contributed by atoms with Crippen LogP contribution >= 0.6 is 0 Å². The number of aromatic nitrogens is 1. The summed E-state index contributed by atoms with van der Waals surface area (Å²) in [5.74, 6) is 0. The number of rotatable bonds is 1. The van der Waals surface area contributed by atoms with Crippen molar-refractivity contribution < 1.29 is 5.11 Å². The van der Waals surface area contributed by atoms with Gasteiger partial charge in [-0.25, -0.2) is 0 Å². The van der Waals surface area contributed by atoms with Gasteiger partial charge in [-0.2, -0.15) is 0 Å². The van der Waals surface area contributed by atoms with E-state index in [0.717, 1.165) is 24.9 Å². The molecule has 3 heterocycles. The number of fused-ring (bicyclic) bond motifs is 1. The molecule has 2 aliphatic rings. The van der Waals surface area contributed by atoms with E-state index in [1.54, 1.807) is 6.20 Å². The highest BCUT2D eigenvalue weighted by Gasteiger charge is 2.41. The zero-order valence-corrected chi connectivity index (χ0v) is 9.47. The van der Waals surface area contributed by atoms with Crippen molar-refractivity contribution in [2.75, 3.05) is 13.1 Å². The van der Waals surface area contributed by atoms with Crippen molar-refractivity contribution in [1.82, 2.24) is 9.88 Å². The van der Waals surface area contributed by atoms with Gasteiger partial charge in [0.15, 0.2) is 0 Å². The number of hydrogen-bond donors (Lipinski definition) is 1. The van der Waals surface area contributed by atoms with E-state index < -0.39 is 5.60 Å². The quantitative estimate of drug-likeness (QED) is 0.776. The fourth-order valence-corrected chi connectivity index (χ4v) is 3.14. The van der Waals surface area contributed by atoms with Gasteiger partial charge >= 0.3 is 0 Å². The van der Waals surface area contributed by atoms with E-state index in [-0.39, 0.29) is 0 Å². The molecule has 3 nitrogen and oxygen atoms in total. The molecule has 0 spiro atoms. The fraction of sp³-hybridized carbons (Fsp3) is 0.615. The lowest BCUT2D eigenvalue weighted by Gasteiger charge is -2.41. The molecule has 0 saturated carbocycles. The third-order valence-corrected chi connectivity index (χ3v) is 4.08. The zero-order valence-electron chi connectivity index (χ0n) is 9.47. The zero-order chi connectivity index (χ0) is 11.0. The second kappa shape index (κ2) is 3.82. The molecule has 1 aromatic rings. The highest BCUT2D eigenvalue weighted by Crippen LogP contribution is 2.38. The van der Waals surface area contributed by atoms with Crippen molar-refractivity contribution in [2.45, 2.75) is 37.3 Å². The minimum absolute atomic E-state index is 0.582. The van der Waals surface area contributed by atoms with Gasteiger partial charge in [0.1, 0.15) is 0 Å². The molecular weight excluding hydrogens is 200 g/mol. The Morgan fingerprint density at radius 1 is 1.44 bits per heavy atom. The van der Waals surface area contributed by atoms with Gasteiger partial charge in [-0.15, -0.1) is 0 Å². The van der Waals surface area contributed by atoms with Gasteiger partial charge < -0.3 is 10.0 Å². The molecule has 1 aromatic heterocycles. The summed E-state index contributed by atoms with van der Waals surface area (Å²) < 4.78 is 0. The van der Waals surface area contributed by atoms with Gasteiger partial charge in [-0.1, -0.05) is 6.07 Å². The van der Waals surface area contributed by atoms with Crippen LogP contribution < -0.4 is 0 Å². The van der Waals surface area contributed by atoms with Gasteiger partial charge in [0.05, 0.1) is 5.60 Å². The van der Waals surface area contributed by atoms with Crippen LogP contribution in [-0.2, 0) is 5.60 Å². The molecule has 3 rings (SSSR count). The molecule has 0 amide bonds. The molecule has 0 bridgehead atoms. The summed E-state index contributed by atoms with van der Waals surface area (Å²) in [6.45, 7) is 2.24. The Morgan fingerprint density at radius 3 is 3.19 bits per heavy atom. The van der Waals surface area contributed by atoms with E-state index >= 15 is 0 Å². The monoisotopic (exact) mass is 218 g/mol. The predicted octanol–water partition coefficient (Wildman–Crippen LogP) is 1.53. The first kappa shape index (κ1) is 10.2. The smallest absolute Gasteiger partial charge is 0.0938 e. The summed E-state index contributed by atoms with van der Waals surface area (Å²) in [6, 6.07) is 4.49. The van der Waals surface area contributed by atoms with Crippen LogP contribution in [0.4, 0.5) is 0 Å². The Bertz CT molecular complexity index is 367. The molecule has 2 unspecified atom stereocenters. The average molecular weight is 218 g/mol. The molecule has 2 atom stereocenters. The van der Waals surface area contributed by atoms with Crippen LogP contribution in [0.3, 0.4) is 0 Å². The standard InChI is InChI=1S/C13H18N2O/c16-13(11-3-1-6-14-10-11)5-8-15-7-2-4-12(15)9-13/h1,3,6,10,12,16H,2,4-5,7-9H2. The van der Waals surface area contributed by atoms with Gasteiger partial charge in [-0.3, -0.25) is 4.98 Å². The van der Waals surface area contributed by atoms with Crippen LogP contribution in [0.2, 0.25) is 0 Å². The Balaban J connectivity index is 1.84. The van der Waals surface area contributed by atoms with E-state index in [2.05, 4.69) is 9.88 Å². The van der Waals surface area contributed by atoms with E-state index in [1.807, 2.05) is 18.3 Å². The average Bonchev–Trinajstić information content (AvgIpc) is 2.77. The molecule has 3 heteroatoms. The number of aliphatic hydroxyl groups is 1. The molecule has 2 fully saturated rings. The number of piperidine rings is 1. The Kier molecular flexibility index (Phi) is 2.45. The molecule has 2 aliphatic heterocycles. The number of hydrogen-bond acceptors (Lipinski definition) is 3. The third kappa shape index (κ3) is 1.64. The maximum atomic E-state index is 10.7. The van der Waals surface area contributed by atoms with E-state index in [0.29, 0.717) is 6.04 Å². The van der Waals surface area contributed by atoms with Crippen molar-refractivity contribution in [3.8, 4) is 0 Å². The molecular formula is C13H18N2O. The number of pyridine rings is 1. The Labute approximate surface area is 96.1 Å².